The fourth-order valence-corrected chi connectivity index (χ4v) is 3.91. The van der Waals surface area contributed by atoms with E-state index in [1.54, 1.807) is 0 Å². The SMILES string of the molecule is CCCC1CN(CC2CCN(C(C)C)C2)C(CC)CN1. The highest BCUT2D eigenvalue weighted by molar-refractivity contribution is 4.88. The molecule has 2 saturated heterocycles. The van der Waals surface area contributed by atoms with Gasteiger partial charge in [-0.1, -0.05) is 20.3 Å². The monoisotopic (exact) mass is 281 g/mol. The van der Waals surface area contributed by atoms with Crippen molar-refractivity contribution in [3.8, 4) is 0 Å². The summed E-state index contributed by atoms with van der Waals surface area (Å²) < 4.78 is 0. The van der Waals surface area contributed by atoms with E-state index in [1.165, 1.54) is 58.4 Å². The van der Waals surface area contributed by atoms with Crippen molar-refractivity contribution >= 4 is 0 Å². The van der Waals surface area contributed by atoms with E-state index in [0.717, 1.165) is 24.0 Å². The molecule has 2 fully saturated rings. The summed E-state index contributed by atoms with van der Waals surface area (Å²) in [5, 5.41) is 3.75. The van der Waals surface area contributed by atoms with Gasteiger partial charge in [0.1, 0.15) is 0 Å². The van der Waals surface area contributed by atoms with Crippen molar-refractivity contribution in [1.29, 1.82) is 0 Å². The van der Waals surface area contributed by atoms with Gasteiger partial charge < -0.3 is 10.2 Å². The molecular formula is C17H35N3. The Kier molecular flexibility index (Phi) is 6.31. The Morgan fingerprint density at radius 2 is 2.00 bits per heavy atom. The molecule has 0 radical (unpaired) electrons. The molecule has 0 bridgehead atoms. The van der Waals surface area contributed by atoms with Crippen molar-refractivity contribution in [2.45, 2.75) is 71.5 Å². The maximum atomic E-state index is 3.75. The molecule has 3 unspecified atom stereocenters. The van der Waals surface area contributed by atoms with E-state index in [2.05, 4.69) is 42.8 Å². The number of hydrogen-bond donors (Lipinski definition) is 1. The van der Waals surface area contributed by atoms with Crippen molar-refractivity contribution < 1.29 is 0 Å². The Morgan fingerprint density at radius 3 is 2.60 bits per heavy atom. The summed E-state index contributed by atoms with van der Waals surface area (Å²) >= 11 is 0. The number of rotatable bonds is 6. The van der Waals surface area contributed by atoms with Gasteiger partial charge in [-0.15, -0.1) is 0 Å². The lowest BCUT2D eigenvalue weighted by Crippen LogP contribution is -2.57. The van der Waals surface area contributed by atoms with Crippen LogP contribution in [0.4, 0.5) is 0 Å². The fourth-order valence-electron chi connectivity index (χ4n) is 3.91. The van der Waals surface area contributed by atoms with E-state index in [4.69, 9.17) is 0 Å². The number of piperazine rings is 1. The third-order valence-corrected chi connectivity index (χ3v) is 5.26. The lowest BCUT2D eigenvalue weighted by molar-refractivity contribution is 0.103. The van der Waals surface area contributed by atoms with Crippen LogP contribution in [0.25, 0.3) is 0 Å². The van der Waals surface area contributed by atoms with Gasteiger partial charge in [0.2, 0.25) is 0 Å². The molecule has 0 aromatic rings. The van der Waals surface area contributed by atoms with Gasteiger partial charge in [0, 0.05) is 44.3 Å². The lowest BCUT2D eigenvalue weighted by atomic mass is 10.0. The van der Waals surface area contributed by atoms with Crippen LogP contribution in [0.3, 0.4) is 0 Å². The third-order valence-electron chi connectivity index (χ3n) is 5.26. The van der Waals surface area contributed by atoms with Crippen LogP contribution in [0.1, 0.15) is 53.4 Å². The fraction of sp³-hybridized carbons (Fsp3) is 1.00. The topological polar surface area (TPSA) is 18.5 Å². The molecule has 0 aliphatic carbocycles. The second-order valence-corrected chi connectivity index (χ2v) is 7.15. The van der Waals surface area contributed by atoms with Gasteiger partial charge in [0.15, 0.2) is 0 Å². The molecular weight excluding hydrogens is 246 g/mol. The minimum absolute atomic E-state index is 0.720. The zero-order valence-electron chi connectivity index (χ0n) is 14.1. The van der Waals surface area contributed by atoms with E-state index in [1.807, 2.05) is 0 Å². The summed E-state index contributed by atoms with van der Waals surface area (Å²) in [6.45, 7) is 15.7. The first-order valence-electron chi connectivity index (χ1n) is 8.85. The van der Waals surface area contributed by atoms with Gasteiger partial charge in [0.05, 0.1) is 0 Å². The molecule has 2 rings (SSSR count). The van der Waals surface area contributed by atoms with Crippen molar-refractivity contribution in [3.63, 3.8) is 0 Å². The van der Waals surface area contributed by atoms with Gasteiger partial charge in [0.25, 0.3) is 0 Å². The van der Waals surface area contributed by atoms with Crippen molar-refractivity contribution in [2.75, 3.05) is 32.7 Å². The quantitative estimate of drug-likeness (QED) is 0.807. The minimum atomic E-state index is 0.720. The third kappa shape index (κ3) is 4.19. The summed E-state index contributed by atoms with van der Waals surface area (Å²) in [6, 6.07) is 2.21. The molecule has 0 amide bonds. The second kappa shape index (κ2) is 7.77. The number of likely N-dealkylation sites (tertiary alicyclic amines) is 1. The molecule has 3 atom stereocenters. The zero-order chi connectivity index (χ0) is 14.5. The molecule has 3 heteroatoms. The van der Waals surface area contributed by atoms with Crippen LogP contribution in [-0.2, 0) is 0 Å². The Balaban J connectivity index is 1.85. The van der Waals surface area contributed by atoms with E-state index < -0.39 is 0 Å². The summed E-state index contributed by atoms with van der Waals surface area (Å²) in [5.74, 6) is 0.895. The Hall–Kier alpha value is -0.120. The van der Waals surface area contributed by atoms with Crippen LogP contribution < -0.4 is 5.32 Å². The average Bonchev–Trinajstić information content (AvgIpc) is 2.88. The summed E-state index contributed by atoms with van der Waals surface area (Å²) in [7, 11) is 0. The van der Waals surface area contributed by atoms with Crippen LogP contribution >= 0.6 is 0 Å². The molecule has 0 aromatic heterocycles. The second-order valence-electron chi connectivity index (χ2n) is 7.15. The first kappa shape index (κ1) is 16.3. The Morgan fingerprint density at radius 1 is 1.20 bits per heavy atom. The van der Waals surface area contributed by atoms with E-state index in [-0.39, 0.29) is 0 Å². The van der Waals surface area contributed by atoms with E-state index >= 15 is 0 Å². The molecule has 2 heterocycles. The van der Waals surface area contributed by atoms with Crippen LogP contribution in [0.5, 0.6) is 0 Å². The molecule has 2 aliphatic rings. The first-order valence-corrected chi connectivity index (χ1v) is 8.85. The van der Waals surface area contributed by atoms with Crippen molar-refractivity contribution in [1.82, 2.24) is 15.1 Å². The van der Waals surface area contributed by atoms with Crippen molar-refractivity contribution in [3.05, 3.63) is 0 Å². The predicted molar refractivity (Wildman–Crippen MR) is 87.2 cm³/mol. The molecule has 118 valence electrons. The summed E-state index contributed by atoms with van der Waals surface area (Å²) in [5.41, 5.74) is 0. The van der Waals surface area contributed by atoms with Gasteiger partial charge in [-0.05, 0) is 45.6 Å². The normalized spacial score (nSPS) is 33.1. The van der Waals surface area contributed by atoms with Gasteiger partial charge >= 0.3 is 0 Å². The highest BCUT2D eigenvalue weighted by atomic mass is 15.2. The molecule has 0 spiro atoms. The highest BCUT2D eigenvalue weighted by Gasteiger charge is 2.31. The van der Waals surface area contributed by atoms with Gasteiger partial charge in [-0.2, -0.15) is 0 Å². The standard InChI is InChI=1S/C17H35N3/c1-5-7-16-13-20(17(6-2)10-18-16)12-15-8-9-19(11-15)14(3)4/h14-18H,5-13H2,1-4H3. The highest BCUT2D eigenvalue weighted by Crippen LogP contribution is 2.22. The Labute approximate surface area is 126 Å². The lowest BCUT2D eigenvalue weighted by Gasteiger charge is -2.41. The zero-order valence-corrected chi connectivity index (χ0v) is 14.1. The number of nitrogens with zero attached hydrogens (tertiary/aromatic N) is 2. The molecule has 0 aromatic carbocycles. The minimum Gasteiger partial charge on any atom is -0.311 e. The van der Waals surface area contributed by atoms with Crippen LogP contribution in [-0.4, -0.2) is 60.6 Å². The smallest absolute Gasteiger partial charge is 0.0218 e. The molecule has 20 heavy (non-hydrogen) atoms. The average molecular weight is 281 g/mol. The molecule has 1 N–H and O–H groups in total. The number of hydrogen-bond acceptors (Lipinski definition) is 3. The molecule has 2 aliphatic heterocycles. The largest absolute Gasteiger partial charge is 0.311 e. The summed E-state index contributed by atoms with van der Waals surface area (Å²) in [4.78, 5) is 5.45. The maximum Gasteiger partial charge on any atom is 0.0218 e. The van der Waals surface area contributed by atoms with Gasteiger partial charge in [-0.3, -0.25) is 4.90 Å². The maximum absolute atomic E-state index is 3.75. The number of nitrogens with one attached hydrogen (secondary N) is 1. The van der Waals surface area contributed by atoms with Crippen LogP contribution in [0.15, 0.2) is 0 Å². The summed E-state index contributed by atoms with van der Waals surface area (Å²) in [6.07, 6.45) is 5.31. The van der Waals surface area contributed by atoms with Gasteiger partial charge in [-0.25, -0.2) is 0 Å². The molecule has 0 saturated carbocycles. The predicted octanol–water partition coefficient (Wildman–Crippen LogP) is 2.57. The van der Waals surface area contributed by atoms with Crippen molar-refractivity contribution in [2.24, 2.45) is 5.92 Å². The van der Waals surface area contributed by atoms with Crippen LogP contribution in [0.2, 0.25) is 0 Å². The molecule has 3 nitrogen and oxygen atoms in total. The van der Waals surface area contributed by atoms with E-state index in [0.29, 0.717) is 0 Å². The first-order chi connectivity index (χ1) is 9.63. The Bertz CT molecular complexity index is 279. The van der Waals surface area contributed by atoms with Crippen LogP contribution in [0, 0.1) is 5.92 Å². The van der Waals surface area contributed by atoms with E-state index in [9.17, 15) is 0 Å².